The maximum Gasteiger partial charge on any atom is 0.127 e. The number of benzene rings is 1. The lowest BCUT2D eigenvalue weighted by Crippen LogP contribution is -2.08. The van der Waals surface area contributed by atoms with Crippen LogP contribution in [0.1, 0.15) is 24.9 Å². The van der Waals surface area contributed by atoms with Gasteiger partial charge < -0.3 is 15.2 Å². The molecule has 0 aliphatic rings. The Morgan fingerprint density at radius 3 is 2.81 bits per heavy atom. The van der Waals surface area contributed by atoms with Crippen molar-refractivity contribution >= 4 is 0 Å². The second-order valence-electron chi connectivity index (χ2n) is 3.50. The Kier molecular flexibility index (Phi) is 4.68. The maximum absolute atomic E-state index is 5.85. The molecule has 1 unspecified atom stereocenters. The SMILES string of the molecule is C#CCCOc1cc(OC)ccc1C(C)N. The van der Waals surface area contributed by atoms with Gasteiger partial charge in [-0.05, 0) is 13.0 Å². The molecule has 1 atom stereocenters. The van der Waals surface area contributed by atoms with Crippen LogP contribution in [0.5, 0.6) is 11.5 Å². The standard InChI is InChI=1S/C13H17NO2/c1-4-5-8-16-13-9-11(15-3)6-7-12(13)10(2)14/h1,6-7,9-10H,5,8,14H2,2-3H3. The number of ether oxygens (including phenoxy) is 2. The summed E-state index contributed by atoms with van der Waals surface area (Å²) in [7, 11) is 1.62. The third kappa shape index (κ3) is 3.18. The van der Waals surface area contributed by atoms with Crippen LogP contribution < -0.4 is 15.2 Å². The molecule has 16 heavy (non-hydrogen) atoms. The number of nitrogens with two attached hydrogens (primary N) is 1. The summed E-state index contributed by atoms with van der Waals surface area (Å²) in [5.74, 6) is 4.02. The fourth-order valence-electron chi connectivity index (χ4n) is 1.36. The monoisotopic (exact) mass is 219 g/mol. The summed E-state index contributed by atoms with van der Waals surface area (Å²) in [6.07, 6.45) is 5.75. The summed E-state index contributed by atoms with van der Waals surface area (Å²) >= 11 is 0. The molecule has 3 heteroatoms. The van der Waals surface area contributed by atoms with E-state index in [1.165, 1.54) is 0 Å². The first-order valence-electron chi connectivity index (χ1n) is 5.18. The molecule has 0 aromatic heterocycles. The van der Waals surface area contributed by atoms with Gasteiger partial charge in [0, 0.05) is 24.1 Å². The number of rotatable bonds is 5. The minimum absolute atomic E-state index is 0.0771. The van der Waals surface area contributed by atoms with Gasteiger partial charge in [-0.25, -0.2) is 0 Å². The highest BCUT2D eigenvalue weighted by Gasteiger charge is 2.09. The molecule has 0 saturated carbocycles. The summed E-state index contributed by atoms with van der Waals surface area (Å²) in [6.45, 7) is 2.40. The minimum atomic E-state index is -0.0771. The van der Waals surface area contributed by atoms with Crippen molar-refractivity contribution in [3.8, 4) is 23.8 Å². The molecule has 0 radical (unpaired) electrons. The Balaban J connectivity index is 2.88. The molecular weight excluding hydrogens is 202 g/mol. The molecule has 1 aromatic carbocycles. The summed E-state index contributed by atoms with van der Waals surface area (Å²) in [5.41, 5.74) is 6.81. The molecule has 0 saturated heterocycles. The van der Waals surface area contributed by atoms with Crippen molar-refractivity contribution < 1.29 is 9.47 Å². The molecule has 0 aliphatic heterocycles. The minimum Gasteiger partial charge on any atom is -0.497 e. The summed E-state index contributed by atoms with van der Waals surface area (Å²) in [6, 6.07) is 5.53. The average Bonchev–Trinajstić information content (AvgIpc) is 2.29. The topological polar surface area (TPSA) is 44.5 Å². The van der Waals surface area contributed by atoms with Gasteiger partial charge in [0.2, 0.25) is 0 Å². The number of hydrogen-bond donors (Lipinski definition) is 1. The molecule has 86 valence electrons. The van der Waals surface area contributed by atoms with Crippen LogP contribution in [-0.2, 0) is 0 Å². The van der Waals surface area contributed by atoms with E-state index in [0.717, 1.165) is 17.1 Å². The zero-order chi connectivity index (χ0) is 12.0. The molecular formula is C13H17NO2. The van der Waals surface area contributed by atoms with E-state index < -0.39 is 0 Å². The molecule has 3 nitrogen and oxygen atoms in total. The van der Waals surface area contributed by atoms with Crippen LogP contribution in [0, 0.1) is 12.3 Å². The fraction of sp³-hybridized carbons (Fsp3) is 0.385. The lowest BCUT2D eigenvalue weighted by molar-refractivity contribution is 0.319. The van der Waals surface area contributed by atoms with Crippen LogP contribution in [-0.4, -0.2) is 13.7 Å². The maximum atomic E-state index is 5.85. The predicted octanol–water partition coefficient (Wildman–Crippen LogP) is 2.12. The van der Waals surface area contributed by atoms with Crippen molar-refractivity contribution in [2.45, 2.75) is 19.4 Å². The van der Waals surface area contributed by atoms with Gasteiger partial charge in [0.05, 0.1) is 13.7 Å². The van der Waals surface area contributed by atoms with Gasteiger partial charge >= 0.3 is 0 Å². The zero-order valence-electron chi connectivity index (χ0n) is 9.69. The molecule has 0 heterocycles. The van der Waals surface area contributed by atoms with Crippen LogP contribution in [0.4, 0.5) is 0 Å². The predicted molar refractivity (Wildman–Crippen MR) is 64.5 cm³/mol. The first-order chi connectivity index (χ1) is 7.69. The van der Waals surface area contributed by atoms with Gasteiger partial charge in [-0.15, -0.1) is 12.3 Å². The number of terminal acetylenes is 1. The van der Waals surface area contributed by atoms with Crippen LogP contribution in [0.25, 0.3) is 0 Å². The Morgan fingerprint density at radius 2 is 2.25 bits per heavy atom. The van der Waals surface area contributed by atoms with Crippen molar-refractivity contribution in [3.05, 3.63) is 23.8 Å². The molecule has 1 rings (SSSR count). The fourth-order valence-corrected chi connectivity index (χ4v) is 1.36. The smallest absolute Gasteiger partial charge is 0.127 e. The molecule has 0 bridgehead atoms. The summed E-state index contributed by atoms with van der Waals surface area (Å²) < 4.78 is 10.7. The van der Waals surface area contributed by atoms with E-state index in [4.69, 9.17) is 21.6 Å². The highest BCUT2D eigenvalue weighted by molar-refractivity contribution is 5.42. The third-order valence-corrected chi connectivity index (χ3v) is 2.22. The molecule has 0 spiro atoms. The molecule has 0 fully saturated rings. The molecule has 1 aromatic rings. The van der Waals surface area contributed by atoms with Gasteiger partial charge in [-0.2, -0.15) is 0 Å². The quantitative estimate of drug-likeness (QED) is 0.609. The van der Waals surface area contributed by atoms with Crippen LogP contribution in [0.3, 0.4) is 0 Å². The average molecular weight is 219 g/mol. The Bertz CT molecular complexity index is 380. The van der Waals surface area contributed by atoms with Crippen molar-refractivity contribution in [3.63, 3.8) is 0 Å². The second-order valence-corrected chi connectivity index (χ2v) is 3.50. The van der Waals surface area contributed by atoms with E-state index in [1.54, 1.807) is 7.11 Å². The normalized spacial score (nSPS) is 11.6. The van der Waals surface area contributed by atoms with Gasteiger partial charge in [0.1, 0.15) is 11.5 Å². The molecule has 2 N–H and O–H groups in total. The van der Waals surface area contributed by atoms with Crippen molar-refractivity contribution in [2.75, 3.05) is 13.7 Å². The van der Waals surface area contributed by atoms with Crippen molar-refractivity contribution in [1.82, 2.24) is 0 Å². The summed E-state index contributed by atoms with van der Waals surface area (Å²) in [5, 5.41) is 0. The second kappa shape index (κ2) is 6.04. The lowest BCUT2D eigenvalue weighted by atomic mass is 10.1. The first kappa shape index (κ1) is 12.4. The van der Waals surface area contributed by atoms with Crippen LogP contribution in [0.15, 0.2) is 18.2 Å². The van der Waals surface area contributed by atoms with E-state index in [-0.39, 0.29) is 6.04 Å². The van der Waals surface area contributed by atoms with Crippen LogP contribution in [0.2, 0.25) is 0 Å². The van der Waals surface area contributed by atoms with Crippen LogP contribution >= 0.6 is 0 Å². The number of methoxy groups -OCH3 is 1. The Labute approximate surface area is 96.6 Å². The van der Waals surface area contributed by atoms with E-state index in [2.05, 4.69) is 5.92 Å². The third-order valence-electron chi connectivity index (χ3n) is 2.22. The summed E-state index contributed by atoms with van der Waals surface area (Å²) in [4.78, 5) is 0. The lowest BCUT2D eigenvalue weighted by Gasteiger charge is -2.14. The van der Waals surface area contributed by atoms with Gasteiger partial charge in [0.25, 0.3) is 0 Å². The van der Waals surface area contributed by atoms with E-state index in [9.17, 15) is 0 Å². The zero-order valence-corrected chi connectivity index (χ0v) is 9.69. The highest BCUT2D eigenvalue weighted by atomic mass is 16.5. The Morgan fingerprint density at radius 1 is 1.50 bits per heavy atom. The van der Waals surface area contributed by atoms with E-state index >= 15 is 0 Å². The van der Waals surface area contributed by atoms with Crippen molar-refractivity contribution in [2.24, 2.45) is 5.73 Å². The van der Waals surface area contributed by atoms with E-state index in [0.29, 0.717) is 13.0 Å². The Hall–Kier alpha value is -1.66. The first-order valence-corrected chi connectivity index (χ1v) is 5.18. The van der Waals surface area contributed by atoms with Gasteiger partial charge in [0.15, 0.2) is 0 Å². The number of hydrogen-bond acceptors (Lipinski definition) is 3. The largest absolute Gasteiger partial charge is 0.497 e. The molecule has 0 amide bonds. The van der Waals surface area contributed by atoms with Crippen molar-refractivity contribution in [1.29, 1.82) is 0 Å². The van der Waals surface area contributed by atoms with E-state index in [1.807, 2.05) is 25.1 Å². The van der Waals surface area contributed by atoms with Gasteiger partial charge in [-0.1, -0.05) is 6.07 Å². The molecule has 0 aliphatic carbocycles. The van der Waals surface area contributed by atoms with Gasteiger partial charge in [-0.3, -0.25) is 0 Å². The highest BCUT2D eigenvalue weighted by Crippen LogP contribution is 2.28.